The molecule has 0 aromatic heterocycles. The van der Waals surface area contributed by atoms with E-state index < -0.39 is 0 Å². The number of rotatable bonds is 5. The van der Waals surface area contributed by atoms with Crippen molar-refractivity contribution in [1.29, 1.82) is 0 Å². The third-order valence-corrected chi connectivity index (χ3v) is 2.73. The summed E-state index contributed by atoms with van der Waals surface area (Å²) in [6, 6.07) is 2.80. The molecule has 0 aliphatic heterocycles. The molecule has 0 saturated carbocycles. The van der Waals surface area contributed by atoms with E-state index in [4.69, 9.17) is 9.47 Å². The van der Waals surface area contributed by atoms with Crippen LogP contribution in [0.25, 0.3) is 0 Å². The zero-order valence-electron chi connectivity index (χ0n) is 10.0. The maximum atomic E-state index is 13.2. The lowest BCUT2D eigenvalue weighted by molar-refractivity contribution is 0.250. The Morgan fingerprint density at radius 2 is 2.06 bits per heavy atom. The van der Waals surface area contributed by atoms with E-state index in [1.54, 1.807) is 0 Å². The first-order chi connectivity index (χ1) is 7.58. The summed E-state index contributed by atoms with van der Waals surface area (Å²) in [6.45, 7) is 4.72. The fourth-order valence-corrected chi connectivity index (χ4v) is 1.82. The van der Waals surface area contributed by atoms with Crippen LogP contribution in [0.3, 0.4) is 0 Å². The van der Waals surface area contributed by atoms with Crippen LogP contribution in [-0.2, 0) is 0 Å². The Labute approximate surface area is 100 Å². The van der Waals surface area contributed by atoms with Gasteiger partial charge in [0.2, 0.25) is 0 Å². The van der Waals surface area contributed by atoms with Crippen molar-refractivity contribution < 1.29 is 13.9 Å². The molecule has 0 spiro atoms. The predicted octanol–water partition coefficient (Wildman–Crippen LogP) is 3.59. The Bertz CT molecular complexity index is 328. The average molecular weight is 244 g/mol. The highest BCUT2D eigenvalue weighted by Gasteiger charge is 2.13. The molecule has 0 bridgehead atoms. The molecule has 0 radical (unpaired) electrons. The van der Waals surface area contributed by atoms with Crippen LogP contribution in [0.1, 0.15) is 13.8 Å². The van der Waals surface area contributed by atoms with Crippen molar-refractivity contribution in [3.05, 3.63) is 17.9 Å². The van der Waals surface area contributed by atoms with Gasteiger partial charge in [-0.2, -0.15) is 0 Å². The van der Waals surface area contributed by atoms with Crippen molar-refractivity contribution in [2.75, 3.05) is 20.0 Å². The van der Waals surface area contributed by atoms with E-state index in [1.807, 2.05) is 6.26 Å². The number of methoxy groups -OCH3 is 1. The number of ether oxygens (including phenoxy) is 2. The van der Waals surface area contributed by atoms with Crippen molar-refractivity contribution >= 4 is 11.8 Å². The molecule has 1 aromatic carbocycles. The van der Waals surface area contributed by atoms with Crippen molar-refractivity contribution in [3.8, 4) is 11.5 Å². The normalized spacial score (nSPS) is 10.6. The second-order valence-electron chi connectivity index (χ2n) is 3.84. The largest absolute Gasteiger partial charge is 0.493 e. The van der Waals surface area contributed by atoms with Crippen LogP contribution >= 0.6 is 11.8 Å². The number of thioether (sulfide) groups is 1. The molecule has 0 atom stereocenters. The van der Waals surface area contributed by atoms with Gasteiger partial charge in [0.25, 0.3) is 0 Å². The summed E-state index contributed by atoms with van der Waals surface area (Å²) in [5.41, 5.74) is 0. The summed E-state index contributed by atoms with van der Waals surface area (Å²) in [5.74, 6) is 1.19. The van der Waals surface area contributed by atoms with Gasteiger partial charge < -0.3 is 9.47 Å². The van der Waals surface area contributed by atoms with Gasteiger partial charge in [-0.25, -0.2) is 4.39 Å². The summed E-state index contributed by atoms with van der Waals surface area (Å²) < 4.78 is 24.0. The smallest absolute Gasteiger partial charge is 0.174 e. The summed E-state index contributed by atoms with van der Waals surface area (Å²) >= 11 is 1.45. The fraction of sp³-hybridized carbons (Fsp3) is 0.500. The third-order valence-electron chi connectivity index (χ3n) is 1.99. The Balaban J connectivity index is 3.02. The van der Waals surface area contributed by atoms with Gasteiger partial charge in [-0.15, -0.1) is 11.8 Å². The molecule has 0 unspecified atom stereocenters. The first-order valence-electron chi connectivity index (χ1n) is 5.12. The molecule has 2 nitrogen and oxygen atoms in total. The van der Waals surface area contributed by atoms with Crippen LogP contribution in [0.15, 0.2) is 17.0 Å². The van der Waals surface area contributed by atoms with E-state index in [1.165, 1.54) is 31.0 Å². The molecule has 1 rings (SSSR count). The molecule has 1 aromatic rings. The molecule has 0 saturated heterocycles. The van der Waals surface area contributed by atoms with E-state index in [0.29, 0.717) is 24.0 Å². The zero-order chi connectivity index (χ0) is 12.1. The SMILES string of the molecule is COc1cc(F)cc(SC)c1OCC(C)C. The van der Waals surface area contributed by atoms with Gasteiger partial charge in [0.1, 0.15) is 5.82 Å². The van der Waals surface area contributed by atoms with Gasteiger partial charge in [-0.1, -0.05) is 13.8 Å². The van der Waals surface area contributed by atoms with E-state index in [0.717, 1.165) is 4.90 Å². The molecule has 0 fully saturated rings. The number of halogens is 1. The van der Waals surface area contributed by atoms with Crippen LogP contribution in [0.4, 0.5) is 4.39 Å². The van der Waals surface area contributed by atoms with Crippen molar-refractivity contribution in [2.24, 2.45) is 5.92 Å². The standard InChI is InChI=1S/C12H17FO2S/c1-8(2)7-15-12-10(14-3)5-9(13)6-11(12)16-4/h5-6,8H,7H2,1-4H3. The minimum Gasteiger partial charge on any atom is -0.493 e. The summed E-state index contributed by atoms with van der Waals surface area (Å²) in [7, 11) is 1.51. The highest BCUT2D eigenvalue weighted by Crippen LogP contribution is 2.37. The van der Waals surface area contributed by atoms with Crippen LogP contribution in [0, 0.1) is 11.7 Å². The lowest BCUT2D eigenvalue weighted by atomic mass is 10.2. The lowest BCUT2D eigenvalue weighted by Gasteiger charge is -2.15. The molecule has 16 heavy (non-hydrogen) atoms. The second kappa shape index (κ2) is 5.99. The monoisotopic (exact) mass is 244 g/mol. The number of hydrogen-bond acceptors (Lipinski definition) is 3. The molecule has 0 amide bonds. The van der Waals surface area contributed by atoms with Gasteiger partial charge in [-0.05, 0) is 18.2 Å². The molecule has 0 heterocycles. The van der Waals surface area contributed by atoms with Gasteiger partial charge in [0.05, 0.1) is 18.6 Å². The van der Waals surface area contributed by atoms with Gasteiger partial charge in [-0.3, -0.25) is 0 Å². The third kappa shape index (κ3) is 3.30. The quantitative estimate of drug-likeness (QED) is 0.737. The molecular formula is C12H17FO2S. The van der Waals surface area contributed by atoms with Crippen molar-refractivity contribution in [1.82, 2.24) is 0 Å². The average Bonchev–Trinajstić information content (AvgIpc) is 2.25. The van der Waals surface area contributed by atoms with Crippen LogP contribution in [0.2, 0.25) is 0 Å². The highest BCUT2D eigenvalue weighted by atomic mass is 32.2. The Kier molecular flexibility index (Phi) is 4.93. The molecule has 0 aliphatic carbocycles. The topological polar surface area (TPSA) is 18.5 Å². The van der Waals surface area contributed by atoms with Gasteiger partial charge in [0, 0.05) is 6.07 Å². The van der Waals surface area contributed by atoms with Gasteiger partial charge >= 0.3 is 0 Å². The first kappa shape index (κ1) is 13.2. The second-order valence-corrected chi connectivity index (χ2v) is 4.69. The minimum atomic E-state index is -0.307. The Morgan fingerprint density at radius 3 is 2.56 bits per heavy atom. The van der Waals surface area contributed by atoms with Crippen LogP contribution in [0.5, 0.6) is 11.5 Å². The molecule has 90 valence electrons. The lowest BCUT2D eigenvalue weighted by Crippen LogP contribution is -2.06. The minimum absolute atomic E-state index is 0.307. The molecular weight excluding hydrogens is 227 g/mol. The first-order valence-corrected chi connectivity index (χ1v) is 6.35. The predicted molar refractivity (Wildman–Crippen MR) is 65.1 cm³/mol. The van der Waals surface area contributed by atoms with Crippen LogP contribution < -0.4 is 9.47 Å². The zero-order valence-corrected chi connectivity index (χ0v) is 10.9. The molecule has 0 aliphatic rings. The Morgan fingerprint density at radius 1 is 1.38 bits per heavy atom. The summed E-state index contributed by atoms with van der Waals surface area (Å²) in [5, 5.41) is 0. The van der Waals surface area contributed by atoms with E-state index in [9.17, 15) is 4.39 Å². The van der Waals surface area contributed by atoms with Crippen molar-refractivity contribution in [2.45, 2.75) is 18.7 Å². The number of benzene rings is 1. The van der Waals surface area contributed by atoms with Crippen LogP contribution in [-0.4, -0.2) is 20.0 Å². The number of hydrogen-bond donors (Lipinski definition) is 0. The highest BCUT2D eigenvalue weighted by molar-refractivity contribution is 7.98. The van der Waals surface area contributed by atoms with E-state index >= 15 is 0 Å². The van der Waals surface area contributed by atoms with Gasteiger partial charge in [0.15, 0.2) is 11.5 Å². The summed E-state index contributed by atoms with van der Waals surface area (Å²) in [6.07, 6.45) is 1.89. The maximum absolute atomic E-state index is 13.2. The van der Waals surface area contributed by atoms with Crippen molar-refractivity contribution in [3.63, 3.8) is 0 Å². The van der Waals surface area contributed by atoms with E-state index in [-0.39, 0.29) is 5.82 Å². The van der Waals surface area contributed by atoms with E-state index in [2.05, 4.69) is 13.8 Å². The fourth-order valence-electron chi connectivity index (χ4n) is 1.24. The molecule has 4 heteroatoms. The maximum Gasteiger partial charge on any atom is 0.174 e. The summed E-state index contributed by atoms with van der Waals surface area (Å²) in [4.78, 5) is 0.762. The molecule has 0 N–H and O–H groups in total. The Hall–Kier alpha value is -0.900.